The van der Waals surface area contributed by atoms with E-state index >= 15 is 0 Å². The third-order valence-electron chi connectivity index (χ3n) is 2.03. The van der Waals surface area contributed by atoms with Crippen molar-refractivity contribution >= 4 is 22.4 Å². The van der Waals surface area contributed by atoms with E-state index in [-0.39, 0.29) is 18.0 Å². The number of rotatable bonds is 3. The summed E-state index contributed by atoms with van der Waals surface area (Å²) < 4.78 is 0. The van der Waals surface area contributed by atoms with Crippen molar-refractivity contribution in [1.29, 1.82) is 0 Å². The van der Waals surface area contributed by atoms with E-state index in [1.807, 2.05) is 17.3 Å². The summed E-state index contributed by atoms with van der Waals surface area (Å²) in [5.74, 6) is -0.342. The average Bonchev–Trinajstić information content (AvgIpc) is 2.61. The van der Waals surface area contributed by atoms with Gasteiger partial charge in [0.25, 0.3) is 5.56 Å². The van der Waals surface area contributed by atoms with Crippen molar-refractivity contribution in [3.05, 3.63) is 43.7 Å². The molecule has 0 saturated heterocycles. The molecule has 0 atom stereocenters. The maximum atomic E-state index is 11.6. The van der Waals surface area contributed by atoms with Crippen LogP contribution in [0.5, 0.6) is 0 Å². The van der Waals surface area contributed by atoms with E-state index in [2.05, 4.69) is 15.3 Å². The Labute approximate surface area is 105 Å². The van der Waals surface area contributed by atoms with Crippen LogP contribution < -0.4 is 16.6 Å². The third kappa shape index (κ3) is 3.14. The van der Waals surface area contributed by atoms with Crippen LogP contribution in [-0.2, 0) is 11.2 Å². The summed E-state index contributed by atoms with van der Waals surface area (Å²) in [6.45, 7) is 1.82. The first-order valence-electron chi connectivity index (χ1n) is 5.07. The molecule has 18 heavy (non-hydrogen) atoms. The number of aromatic nitrogens is 3. The van der Waals surface area contributed by atoms with Crippen LogP contribution in [0.15, 0.2) is 21.0 Å². The lowest BCUT2D eigenvalue weighted by molar-refractivity contribution is -0.115. The molecule has 2 heterocycles. The van der Waals surface area contributed by atoms with Crippen LogP contribution >= 0.6 is 11.3 Å². The molecule has 3 N–H and O–H groups in total. The zero-order valence-electron chi connectivity index (χ0n) is 9.44. The summed E-state index contributed by atoms with van der Waals surface area (Å²) >= 11 is 1.31. The van der Waals surface area contributed by atoms with Gasteiger partial charge in [0.05, 0.1) is 12.1 Å². The molecule has 0 aromatic carbocycles. The number of hydrogen-bond donors (Lipinski definition) is 3. The first-order valence-corrected chi connectivity index (χ1v) is 5.95. The Morgan fingerprint density at radius 2 is 2.22 bits per heavy atom. The van der Waals surface area contributed by atoms with E-state index in [4.69, 9.17) is 0 Å². The van der Waals surface area contributed by atoms with Crippen LogP contribution in [0.25, 0.3) is 0 Å². The first kappa shape index (κ1) is 12.2. The number of aromatic amines is 2. The SMILES string of the molecule is Cc1csc(NC(=O)Cc2cc(=O)[nH]c(=O)[nH]2)n1. The van der Waals surface area contributed by atoms with Crippen LogP contribution in [-0.4, -0.2) is 20.9 Å². The Hall–Kier alpha value is -2.22. The third-order valence-corrected chi connectivity index (χ3v) is 2.91. The Kier molecular flexibility index (Phi) is 3.38. The minimum atomic E-state index is -0.629. The number of anilines is 1. The van der Waals surface area contributed by atoms with Gasteiger partial charge in [-0.25, -0.2) is 9.78 Å². The summed E-state index contributed by atoms with van der Waals surface area (Å²) in [6, 6.07) is 1.17. The number of carbonyl (C=O) groups is 1. The van der Waals surface area contributed by atoms with Gasteiger partial charge in [-0.3, -0.25) is 14.6 Å². The predicted octanol–water partition coefficient (Wildman–Crippen LogP) is 0.00932. The number of thiazole rings is 1. The zero-order valence-corrected chi connectivity index (χ0v) is 10.3. The van der Waals surface area contributed by atoms with Crippen LogP contribution in [0.4, 0.5) is 5.13 Å². The van der Waals surface area contributed by atoms with E-state index in [9.17, 15) is 14.4 Å². The summed E-state index contributed by atoms with van der Waals surface area (Å²) in [6.07, 6.45) is -0.0855. The number of aryl methyl sites for hydroxylation is 1. The number of hydrogen-bond acceptors (Lipinski definition) is 5. The highest BCUT2D eigenvalue weighted by Crippen LogP contribution is 2.14. The van der Waals surface area contributed by atoms with Gasteiger partial charge in [0.15, 0.2) is 5.13 Å². The Balaban J connectivity index is 2.07. The molecule has 7 nitrogen and oxygen atoms in total. The molecule has 0 spiro atoms. The van der Waals surface area contributed by atoms with Gasteiger partial charge in [0, 0.05) is 17.1 Å². The molecule has 0 aliphatic rings. The van der Waals surface area contributed by atoms with Crippen molar-refractivity contribution in [3.8, 4) is 0 Å². The fourth-order valence-electron chi connectivity index (χ4n) is 1.36. The zero-order chi connectivity index (χ0) is 13.1. The topological polar surface area (TPSA) is 108 Å². The smallest absolute Gasteiger partial charge is 0.311 e. The van der Waals surface area contributed by atoms with E-state index in [0.29, 0.717) is 5.13 Å². The molecule has 2 aromatic heterocycles. The molecule has 0 bridgehead atoms. The molecule has 0 radical (unpaired) electrons. The van der Waals surface area contributed by atoms with Gasteiger partial charge in [0.2, 0.25) is 5.91 Å². The van der Waals surface area contributed by atoms with E-state index in [1.165, 1.54) is 17.4 Å². The van der Waals surface area contributed by atoms with Crippen molar-refractivity contribution in [3.63, 3.8) is 0 Å². The maximum Gasteiger partial charge on any atom is 0.325 e. The van der Waals surface area contributed by atoms with Crippen molar-refractivity contribution in [2.75, 3.05) is 5.32 Å². The maximum absolute atomic E-state index is 11.6. The number of carbonyl (C=O) groups excluding carboxylic acids is 1. The second-order valence-corrected chi connectivity index (χ2v) is 4.49. The summed E-state index contributed by atoms with van der Waals surface area (Å²) in [7, 11) is 0. The molecule has 2 aromatic rings. The van der Waals surface area contributed by atoms with Crippen LogP contribution in [0, 0.1) is 6.92 Å². The lowest BCUT2D eigenvalue weighted by Gasteiger charge is -2.01. The van der Waals surface area contributed by atoms with Crippen LogP contribution in [0.2, 0.25) is 0 Å². The second-order valence-electron chi connectivity index (χ2n) is 3.63. The quantitative estimate of drug-likeness (QED) is 0.727. The highest BCUT2D eigenvalue weighted by atomic mass is 32.1. The molecule has 0 saturated carbocycles. The van der Waals surface area contributed by atoms with Gasteiger partial charge in [-0.1, -0.05) is 0 Å². The fraction of sp³-hybridized carbons (Fsp3) is 0.200. The molecule has 94 valence electrons. The lowest BCUT2D eigenvalue weighted by Crippen LogP contribution is -2.25. The first-order chi connectivity index (χ1) is 8.52. The average molecular weight is 266 g/mol. The molecule has 0 unspecified atom stereocenters. The Morgan fingerprint density at radius 3 is 2.83 bits per heavy atom. The number of nitrogens with one attached hydrogen (secondary N) is 3. The molecule has 2 rings (SSSR count). The molecule has 0 fully saturated rings. The molecular weight excluding hydrogens is 256 g/mol. The van der Waals surface area contributed by atoms with Crippen molar-refractivity contribution in [2.24, 2.45) is 0 Å². The molecule has 0 aliphatic heterocycles. The van der Waals surface area contributed by atoms with Gasteiger partial charge in [0.1, 0.15) is 0 Å². The highest BCUT2D eigenvalue weighted by molar-refractivity contribution is 7.13. The molecule has 8 heteroatoms. The lowest BCUT2D eigenvalue weighted by atomic mass is 10.3. The highest BCUT2D eigenvalue weighted by Gasteiger charge is 2.07. The largest absolute Gasteiger partial charge is 0.325 e. The standard InChI is InChI=1S/C10H10N4O3S/c1-5-4-18-10(11-5)14-8(16)3-6-2-7(15)13-9(17)12-6/h2,4H,3H2,1H3,(H,11,14,16)(H2,12,13,15,17). The van der Waals surface area contributed by atoms with Gasteiger partial charge < -0.3 is 10.3 Å². The van der Waals surface area contributed by atoms with Gasteiger partial charge in [-0.05, 0) is 6.92 Å². The Morgan fingerprint density at radius 1 is 1.44 bits per heavy atom. The molecule has 1 amide bonds. The normalized spacial score (nSPS) is 10.3. The minimum Gasteiger partial charge on any atom is -0.311 e. The molecule has 0 aliphatic carbocycles. The molecular formula is C10H10N4O3S. The monoisotopic (exact) mass is 266 g/mol. The Bertz CT molecular complexity index is 656. The van der Waals surface area contributed by atoms with Crippen LogP contribution in [0.1, 0.15) is 11.4 Å². The van der Waals surface area contributed by atoms with E-state index < -0.39 is 11.2 Å². The van der Waals surface area contributed by atoms with Crippen LogP contribution in [0.3, 0.4) is 0 Å². The van der Waals surface area contributed by atoms with Crippen molar-refractivity contribution in [1.82, 2.24) is 15.0 Å². The van der Waals surface area contributed by atoms with Gasteiger partial charge in [-0.2, -0.15) is 0 Å². The van der Waals surface area contributed by atoms with Gasteiger partial charge >= 0.3 is 5.69 Å². The van der Waals surface area contributed by atoms with E-state index in [0.717, 1.165) is 5.69 Å². The van der Waals surface area contributed by atoms with Crippen molar-refractivity contribution in [2.45, 2.75) is 13.3 Å². The number of amides is 1. The second kappa shape index (κ2) is 4.96. The minimum absolute atomic E-state index is 0.0855. The summed E-state index contributed by atoms with van der Waals surface area (Å²) in [5, 5.41) is 4.89. The number of nitrogens with zero attached hydrogens (tertiary/aromatic N) is 1. The van der Waals surface area contributed by atoms with E-state index in [1.54, 1.807) is 0 Å². The van der Waals surface area contributed by atoms with Gasteiger partial charge in [-0.15, -0.1) is 11.3 Å². The number of H-pyrrole nitrogens is 2. The predicted molar refractivity (Wildman–Crippen MR) is 66.9 cm³/mol. The summed E-state index contributed by atoms with van der Waals surface area (Å²) in [5.41, 5.74) is -0.0866. The summed E-state index contributed by atoms with van der Waals surface area (Å²) in [4.78, 5) is 42.2. The van der Waals surface area contributed by atoms with Crippen molar-refractivity contribution < 1.29 is 4.79 Å². The fourth-order valence-corrected chi connectivity index (χ4v) is 2.07.